The van der Waals surface area contributed by atoms with E-state index in [0.29, 0.717) is 6.42 Å². The molecule has 6 bridgehead atoms. The van der Waals surface area contributed by atoms with Crippen molar-refractivity contribution >= 4 is 70.5 Å². The number of fused-ring (bicyclic) bond motifs is 13. The second-order valence-electron chi connectivity index (χ2n) is 21.2. The number of amides is 7. The third-order valence-corrected chi connectivity index (χ3v) is 14.7. The van der Waals surface area contributed by atoms with Crippen LogP contribution in [0.1, 0.15) is 92.0 Å². The number of aliphatic hydroxyl groups excluding tert-OH is 3. The topological polar surface area (TPSA) is 427 Å². The predicted molar refractivity (Wildman–Crippen MR) is 303 cm³/mol. The number of rotatable bonds is 15. The zero-order valence-electron chi connectivity index (χ0n) is 45.9. The molecule has 16 N–H and O–H groups in total. The first-order valence-electron chi connectivity index (χ1n) is 26.8. The summed E-state index contributed by atoms with van der Waals surface area (Å²) in [6.07, 6.45) is -6.65. The highest BCUT2D eigenvalue weighted by atomic mass is 35.5. The van der Waals surface area contributed by atoms with E-state index < -0.39 is 132 Å². The molecule has 456 valence electrons. The van der Waals surface area contributed by atoms with Crippen molar-refractivity contribution in [1.82, 2.24) is 26.6 Å². The first-order valence-corrected chi connectivity index (χ1v) is 27.6. The number of halogens is 2. The Morgan fingerprint density at radius 2 is 1.50 bits per heavy atom. The van der Waals surface area contributed by atoms with Crippen LogP contribution in [0.4, 0.5) is 0 Å². The van der Waals surface area contributed by atoms with Gasteiger partial charge in [-0.2, -0.15) is 0 Å². The number of aromatic hydroxyl groups is 3. The van der Waals surface area contributed by atoms with Crippen LogP contribution in [-0.4, -0.2) is 126 Å². The maximum Gasteiger partial charge on any atom is 0.330 e. The van der Waals surface area contributed by atoms with E-state index in [0.717, 1.165) is 18.2 Å². The highest BCUT2D eigenvalue weighted by Gasteiger charge is 2.38. The molecule has 5 aromatic carbocycles. The number of primary amides is 2. The molecule has 0 spiro atoms. The van der Waals surface area contributed by atoms with E-state index in [1.165, 1.54) is 60.7 Å². The third kappa shape index (κ3) is 15.1. The van der Waals surface area contributed by atoms with Gasteiger partial charge in [0.05, 0.1) is 41.7 Å². The standard InChI is InChI=1S/C58H61Cl2N7O19/c1-24(2)3-10-45(74)65-51-52(76)27-6-9-41(35(60)15-27)85-43-17-28(49(54(62)77)66-56(79)37(22-44(61)73)64-57(51)80)16-42(53(43)86-47-21-29(69)18-31(23-68)83-47)84-40-8-5-26(12-34(40)59)13-36-55(78)67-50(58(81)82)33-19-30(70)20-39(72)48(33)32-11-25(4-7-38(32)71)14-46(75)63-36/h4-9,11-12,15-17,19-20,24,29,31,36-37,47,49-52,68-72,76H,3,10,13-14,18,21-23H2,1-2H3,(H2,61,73)(H2,62,77)(H,63,75)(H,64,80)(H,65,74)(H,66,79)(H,67,78)(H,81,82). The second kappa shape index (κ2) is 27.0. The zero-order chi connectivity index (χ0) is 62.4. The lowest BCUT2D eigenvalue weighted by molar-refractivity contribution is -0.185. The molecule has 7 amide bonds. The minimum atomic E-state index is -1.98. The first-order chi connectivity index (χ1) is 40.7. The number of phenolic OH excluding ortho intramolecular Hbond substituents is 3. The smallest absolute Gasteiger partial charge is 0.330 e. The van der Waals surface area contributed by atoms with Crippen LogP contribution in [0.5, 0.6) is 46.0 Å². The quantitative estimate of drug-likeness (QED) is 0.0716. The van der Waals surface area contributed by atoms with Crippen LogP contribution in [0.3, 0.4) is 0 Å². The summed E-state index contributed by atoms with van der Waals surface area (Å²) < 4.78 is 25.2. The van der Waals surface area contributed by atoms with Crippen LogP contribution < -0.4 is 52.3 Å². The molecule has 9 rings (SSSR count). The maximum absolute atomic E-state index is 14.3. The van der Waals surface area contributed by atoms with Crippen LogP contribution in [0.2, 0.25) is 10.0 Å². The van der Waals surface area contributed by atoms with Gasteiger partial charge < -0.3 is 92.7 Å². The van der Waals surface area contributed by atoms with Crippen molar-refractivity contribution < 1.29 is 93.0 Å². The van der Waals surface area contributed by atoms with Crippen molar-refractivity contribution in [2.75, 3.05) is 6.61 Å². The van der Waals surface area contributed by atoms with Crippen LogP contribution >= 0.6 is 23.2 Å². The number of hydrogen-bond acceptors (Lipinski definition) is 18. The van der Waals surface area contributed by atoms with Gasteiger partial charge in [0.15, 0.2) is 17.5 Å². The minimum absolute atomic E-state index is 0.0200. The Bertz CT molecular complexity index is 3500. The summed E-state index contributed by atoms with van der Waals surface area (Å²) in [6, 6.07) is 7.03. The molecule has 0 aliphatic carbocycles. The molecule has 86 heavy (non-hydrogen) atoms. The molecule has 26 nitrogen and oxygen atoms in total. The van der Waals surface area contributed by atoms with Gasteiger partial charge in [-0.15, -0.1) is 0 Å². The number of phenols is 3. The first kappa shape index (κ1) is 63.1. The second-order valence-corrected chi connectivity index (χ2v) is 22.0. The number of carbonyl (C=O) groups excluding carboxylic acids is 7. The van der Waals surface area contributed by atoms with E-state index in [9.17, 15) is 74.1 Å². The average molecular weight is 1230 g/mol. The molecule has 9 atom stereocenters. The molecule has 4 heterocycles. The lowest BCUT2D eigenvalue weighted by Gasteiger charge is -2.33. The number of benzene rings is 5. The number of ether oxygens (including phenoxy) is 4. The number of nitrogens with one attached hydrogen (secondary N) is 5. The number of carboxylic acid groups (broad SMARTS) is 1. The Morgan fingerprint density at radius 1 is 0.767 bits per heavy atom. The number of aliphatic hydroxyl groups is 3. The van der Waals surface area contributed by atoms with Crippen molar-refractivity contribution in [1.29, 1.82) is 0 Å². The molecule has 4 aliphatic rings. The number of hydrogen-bond donors (Lipinski definition) is 14. The molecule has 1 fully saturated rings. The SMILES string of the molecule is CC(C)CCC(=O)NC1C(=O)NC(CC(N)=O)C(=O)NC(C(N)=O)c2cc(Oc3ccc(CC4NC(=O)Cc5ccc(O)c(c5)-c5c(O)cc(O)cc5C(C(=O)O)NC4=O)cc3Cl)c(OC3CC(O)CC(CO)O3)c(c2)Oc2ccc(cc2Cl)C1O. The Kier molecular flexibility index (Phi) is 19.8. The minimum Gasteiger partial charge on any atom is -0.508 e. The van der Waals surface area contributed by atoms with E-state index in [1.54, 1.807) is 0 Å². The fraction of sp³-hybridized carbons (Fsp3) is 0.345. The van der Waals surface area contributed by atoms with Gasteiger partial charge in [-0.3, -0.25) is 33.6 Å². The Labute approximate surface area is 499 Å². The van der Waals surface area contributed by atoms with Crippen molar-refractivity contribution in [3.8, 4) is 57.1 Å². The zero-order valence-corrected chi connectivity index (χ0v) is 47.4. The van der Waals surface area contributed by atoms with E-state index in [1.807, 2.05) is 13.8 Å². The Morgan fingerprint density at radius 3 is 2.17 bits per heavy atom. The normalized spacial score (nSPS) is 22.5. The monoisotopic (exact) mass is 1230 g/mol. The average Bonchev–Trinajstić information content (AvgIpc) is 0.947. The van der Waals surface area contributed by atoms with E-state index in [4.69, 9.17) is 53.6 Å². The molecule has 9 unspecified atom stereocenters. The summed E-state index contributed by atoms with van der Waals surface area (Å²) in [7, 11) is 0. The van der Waals surface area contributed by atoms with Crippen LogP contribution in [0.25, 0.3) is 11.1 Å². The summed E-state index contributed by atoms with van der Waals surface area (Å²) in [4.78, 5) is 108. The van der Waals surface area contributed by atoms with E-state index in [-0.39, 0.29) is 116 Å². The summed E-state index contributed by atoms with van der Waals surface area (Å²) in [5, 5.41) is 87.3. The Hall–Kier alpha value is -8.92. The number of carbonyl (C=O) groups is 8. The largest absolute Gasteiger partial charge is 0.508 e. The van der Waals surface area contributed by atoms with Crippen molar-refractivity contribution in [2.24, 2.45) is 17.4 Å². The molecule has 5 aromatic rings. The third-order valence-electron chi connectivity index (χ3n) is 14.1. The molecule has 4 aliphatic heterocycles. The molecule has 0 saturated carbocycles. The van der Waals surface area contributed by atoms with Crippen LogP contribution in [0, 0.1) is 5.92 Å². The van der Waals surface area contributed by atoms with E-state index in [2.05, 4.69) is 26.6 Å². The fourth-order valence-corrected chi connectivity index (χ4v) is 10.4. The summed E-state index contributed by atoms with van der Waals surface area (Å²) in [5.74, 6) is -11.7. The lowest BCUT2D eigenvalue weighted by atomic mass is 9.90. The van der Waals surface area contributed by atoms with E-state index >= 15 is 0 Å². The molecule has 28 heteroatoms. The van der Waals surface area contributed by atoms with Crippen molar-refractivity contribution in [2.45, 2.75) is 114 Å². The molecular formula is C58H61Cl2N7O19. The maximum atomic E-state index is 14.3. The van der Waals surface area contributed by atoms with Crippen LogP contribution in [-0.2, 0) is 55.9 Å². The number of nitrogens with two attached hydrogens (primary N) is 2. The van der Waals surface area contributed by atoms with Gasteiger partial charge in [-0.05, 0) is 89.2 Å². The highest BCUT2D eigenvalue weighted by molar-refractivity contribution is 6.32. The molecule has 0 radical (unpaired) electrons. The predicted octanol–water partition coefficient (Wildman–Crippen LogP) is 3.10. The highest BCUT2D eigenvalue weighted by Crippen LogP contribution is 2.48. The molecular weight excluding hydrogens is 1170 g/mol. The van der Waals surface area contributed by atoms with Gasteiger partial charge >= 0.3 is 5.97 Å². The summed E-state index contributed by atoms with van der Waals surface area (Å²) in [5.41, 5.74) is 11.1. The molecule has 1 saturated heterocycles. The molecule has 0 aromatic heterocycles. The summed E-state index contributed by atoms with van der Waals surface area (Å²) in [6.45, 7) is 3.20. The fourth-order valence-electron chi connectivity index (χ4n) is 9.90. The Balaban J connectivity index is 1.21. The van der Waals surface area contributed by atoms with Gasteiger partial charge in [0.25, 0.3) is 0 Å². The van der Waals surface area contributed by atoms with Gasteiger partial charge in [-0.25, -0.2) is 4.79 Å². The van der Waals surface area contributed by atoms with Crippen LogP contribution in [0.15, 0.2) is 78.9 Å². The van der Waals surface area contributed by atoms with Crippen molar-refractivity contribution in [3.05, 3.63) is 117 Å². The lowest BCUT2D eigenvalue weighted by Crippen LogP contribution is -2.57. The van der Waals surface area contributed by atoms with Gasteiger partial charge in [0.2, 0.25) is 53.4 Å². The number of carboxylic acids is 1. The number of aliphatic carboxylic acids is 1. The van der Waals surface area contributed by atoms with Gasteiger partial charge in [0, 0.05) is 48.4 Å². The van der Waals surface area contributed by atoms with Gasteiger partial charge in [-0.1, -0.05) is 55.2 Å². The van der Waals surface area contributed by atoms with Gasteiger partial charge in [0.1, 0.15) is 59.0 Å². The van der Waals surface area contributed by atoms with Crippen molar-refractivity contribution in [3.63, 3.8) is 0 Å². The summed E-state index contributed by atoms with van der Waals surface area (Å²) >= 11 is 13.8.